The van der Waals surface area contributed by atoms with Gasteiger partial charge in [-0.25, -0.2) is 0 Å². The zero-order valence-electron chi connectivity index (χ0n) is 12.3. The predicted molar refractivity (Wildman–Crippen MR) is 74.8 cm³/mol. The van der Waals surface area contributed by atoms with Gasteiger partial charge in [0.05, 0.1) is 18.1 Å². The van der Waals surface area contributed by atoms with Crippen LogP contribution in [-0.4, -0.2) is 28.9 Å². The van der Waals surface area contributed by atoms with Crippen molar-refractivity contribution in [3.8, 4) is 0 Å². The quantitative estimate of drug-likeness (QED) is 0.750. The molecule has 2 N–H and O–H groups in total. The molecule has 1 heterocycles. The Labute approximate surface area is 120 Å². The Kier molecular flexibility index (Phi) is 3.61. The van der Waals surface area contributed by atoms with Crippen LogP contribution in [0.1, 0.15) is 46.0 Å². The number of aliphatic hydroxyl groups excluding tert-OH is 1. The molecular formula is C16H25NO3. The zero-order valence-corrected chi connectivity index (χ0v) is 12.3. The number of ketones is 1. The minimum absolute atomic E-state index is 0.121. The number of hydrogen-bond donors (Lipinski definition) is 2. The van der Waals surface area contributed by atoms with E-state index in [0.717, 1.165) is 11.8 Å². The van der Waals surface area contributed by atoms with Crippen molar-refractivity contribution in [3.05, 3.63) is 0 Å². The summed E-state index contributed by atoms with van der Waals surface area (Å²) in [5, 5.41) is 12.4. The van der Waals surface area contributed by atoms with Gasteiger partial charge in [0, 0.05) is 12.3 Å². The summed E-state index contributed by atoms with van der Waals surface area (Å²) in [5.41, 5.74) is 0. The Morgan fingerprint density at radius 3 is 2.60 bits per heavy atom. The van der Waals surface area contributed by atoms with Gasteiger partial charge in [0.15, 0.2) is 0 Å². The topological polar surface area (TPSA) is 66.4 Å². The van der Waals surface area contributed by atoms with E-state index in [1.54, 1.807) is 6.92 Å². The molecule has 20 heavy (non-hydrogen) atoms. The molecule has 2 bridgehead atoms. The fourth-order valence-corrected chi connectivity index (χ4v) is 4.64. The van der Waals surface area contributed by atoms with Crippen LogP contribution in [0.15, 0.2) is 0 Å². The van der Waals surface area contributed by atoms with E-state index in [0.29, 0.717) is 12.3 Å². The van der Waals surface area contributed by atoms with Gasteiger partial charge in [0.2, 0.25) is 5.91 Å². The first-order valence-corrected chi connectivity index (χ1v) is 7.98. The molecule has 2 aliphatic carbocycles. The average molecular weight is 279 g/mol. The summed E-state index contributed by atoms with van der Waals surface area (Å²) in [6.45, 7) is 3.53. The molecule has 4 unspecified atom stereocenters. The van der Waals surface area contributed by atoms with Crippen LogP contribution in [0.2, 0.25) is 0 Å². The Balaban J connectivity index is 1.56. The maximum Gasteiger partial charge on any atom is 0.228 e. The summed E-state index contributed by atoms with van der Waals surface area (Å²) in [6, 6.07) is -0.173. The fourth-order valence-electron chi connectivity index (χ4n) is 4.64. The highest BCUT2D eigenvalue weighted by atomic mass is 16.3. The largest absolute Gasteiger partial charge is 0.393 e. The van der Waals surface area contributed by atoms with Gasteiger partial charge in [-0.05, 0) is 43.9 Å². The number of nitrogens with one attached hydrogen (secondary N) is 1. The number of fused-ring (bicyclic) bond motifs is 2. The molecule has 3 rings (SSSR count). The molecule has 7 atom stereocenters. The molecule has 4 heteroatoms. The van der Waals surface area contributed by atoms with E-state index in [4.69, 9.17) is 0 Å². The average Bonchev–Trinajstić information content (AvgIpc) is 2.96. The van der Waals surface area contributed by atoms with Gasteiger partial charge in [-0.3, -0.25) is 9.59 Å². The molecule has 0 aromatic rings. The third-order valence-electron chi connectivity index (χ3n) is 5.91. The Hall–Kier alpha value is -0.900. The van der Waals surface area contributed by atoms with Crippen molar-refractivity contribution in [2.75, 3.05) is 0 Å². The molecule has 0 aromatic heterocycles. The van der Waals surface area contributed by atoms with Crippen molar-refractivity contribution in [3.63, 3.8) is 0 Å². The van der Waals surface area contributed by atoms with Crippen LogP contribution >= 0.6 is 0 Å². The highest BCUT2D eigenvalue weighted by molar-refractivity contribution is 5.90. The lowest BCUT2D eigenvalue weighted by Gasteiger charge is -2.41. The lowest BCUT2D eigenvalue weighted by molar-refractivity contribution is -0.145. The van der Waals surface area contributed by atoms with Gasteiger partial charge >= 0.3 is 0 Å². The highest BCUT2D eigenvalue weighted by Crippen LogP contribution is 2.50. The van der Waals surface area contributed by atoms with Crippen molar-refractivity contribution in [1.82, 2.24) is 5.32 Å². The molecule has 4 nitrogen and oxygen atoms in total. The monoisotopic (exact) mass is 279 g/mol. The van der Waals surface area contributed by atoms with Crippen LogP contribution in [0.5, 0.6) is 0 Å². The van der Waals surface area contributed by atoms with E-state index in [-0.39, 0.29) is 23.7 Å². The second-order valence-electron chi connectivity index (χ2n) is 7.19. The highest BCUT2D eigenvalue weighted by Gasteiger charge is 2.48. The predicted octanol–water partition coefficient (Wildman–Crippen LogP) is 1.51. The lowest BCUT2D eigenvalue weighted by Crippen LogP contribution is -2.65. The van der Waals surface area contributed by atoms with E-state index >= 15 is 0 Å². The summed E-state index contributed by atoms with van der Waals surface area (Å²) < 4.78 is 0. The maximum absolute atomic E-state index is 12.5. The minimum Gasteiger partial charge on any atom is -0.393 e. The van der Waals surface area contributed by atoms with E-state index < -0.39 is 12.0 Å². The van der Waals surface area contributed by atoms with E-state index in [1.807, 2.05) is 6.92 Å². The third kappa shape index (κ3) is 2.28. The van der Waals surface area contributed by atoms with Crippen LogP contribution in [-0.2, 0) is 9.59 Å². The van der Waals surface area contributed by atoms with Crippen LogP contribution in [0.4, 0.5) is 0 Å². The van der Waals surface area contributed by atoms with Gasteiger partial charge in [-0.1, -0.05) is 13.3 Å². The molecule has 1 aliphatic heterocycles. The minimum atomic E-state index is -0.675. The lowest BCUT2D eigenvalue weighted by atomic mass is 9.75. The molecule has 1 saturated heterocycles. The van der Waals surface area contributed by atoms with Crippen molar-refractivity contribution in [1.29, 1.82) is 0 Å². The number of Topliss-reactive ketones (excluding diaryl/α,β-unsaturated/α-hetero) is 1. The van der Waals surface area contributed by atoms with Gasteiger partial charge in [0.25, 0.3) is 0 Å². The molecule has 1 amide bonds. The molecule has 2 saturated carbocycles. The van der Waals surface area contributed by atoms with Gasteiger partial charge in [0.1, 0.15) is 5.78 Å². The summed E-state index contributed by atoms with van der Waals surface area (Å²) in [7, 11) is 0. The number of carbonyl (C=O) groups is 2. The second kappa shape index (κ2) is 5.14. The second-order valence-corrected chi connectivity index (χ2v) is 7.19. The molecule has 0 aromatic carbocycles. The normalized spacial score (nSPS) is 42.0. The molecule has 0 spiro atoms. The number of hydrogen-bond acceptors (Lipinski definition) is 3. The Morgan fingerprint density at radius 1 is 1.35 bits per heavy atom. The Bertz CT molecular complexity index is 420. The van der Waals surface area contributed by atoms with Crippen LogP contribution in [0.3, 0.4) is 0 Å². The van der Waals surface area contributed by atoms with E-state index in [2.05, 4.69) is 5.32 Å². The van der Waals surface area contributed by atoms with Gasteiger partial charge in [-0.2, -0.15) is 0 Å². The molecule has 3 aliphatic rings. The van der Waals surface area contributed by atoms with Crippen molar-refractivity contribution >= 4 is 11.7 Å². The summed E-state index contributed by atoms with van der Waals surface area (Å²) >= 11 is 0. The number of rotatable bonds is 5. The fraction of sp³-hybridized carbons (Fsp3) is 0.875. The zero-order chi connectivity index (χ0) is 14.4. The van der Waals surface area contributed by atoms with Gasteiger partial charge in [-0.15, -0.1) is 0 Å². The summed E-state index contributed by atoms with van der Waals surface area (Å²) in [6.07, 6.45) is 5.19. The van der Waals surface area contributed by atoms with Crippen molar-refractivity contribution in [2.24, 2.45) is 29.6 Å². The van der Waals surface area contributed by atoms with E-state index in [9.17, 15) is 14.7 Å². The standard InChI is InChI=1S/C16H25NO3/c1-8(15-14(9(2)18)16(20)17-15)13(19)7-12-6-10-3-4-11(12)5-10/h8-12,14-15,18H,3-7H2,1-2H3,(H,17,20)/t8-,9+,10?,11?,12?,14?,15+/m0/s1. The summed E-state index contributed by atoms with van der Waals surface area (Å²) in [5.74, 6) is 1.76. The number of amides is 1. The van der Waals surface area contributed by atoms with Crippen LogP contribution in [0, 0.1) is 29.6 Å². The SMILES string of the molecule is C[C@@H](O)C1C(=O)N[C@@H]1[C@@H](C)C(=O)CC1CC2CCC1C2. The first-order valence-electron chi connectivity index (χ1n) is 7.98. The molecule has 112 valence electrons. The first kappa shape index (κ1) is 14.1. The van der Waals surface area contributed by atoms with Crippen LogP contribution < -0.4 is 5.32 Å². The smallest absolute Gasteiger partial charge is 0.228 e. The number of aliphatic hydroxyl groups is 1. The van der Waals surface area contributed by atoms with Crippen molar-refractivity contribution < 1.29 is 14.7 Å². The molecule has 3 fully saturated rings. The van der Waals surface area contributed by atoms with Crippen molar-refractivity contribution in [2.45, 2.75) is 58.1 Å². The Morgan fingerprint density at radius 2 is 2.10 bits per heavy atom. The van der Waals surface area contributed by atoms with Gasteiger partial charge < -0.3 is 10.4 Å². The van der Waals surface area contributed by atoms with Crippen LogP contribution in [0.25, 0.3) is 0 Å². The third-order valence-corrected chi connectivity index (χ3v) is 5.91. The molecular weight excluding hydrogens is 254 g/mol. The first-order chi connectivity index (χ1) is 9.47. The summed E-state index contributed by atoms with van der Waals surface area (Å²) in [4.78, 5) is 23.9. The van der Waals surface area contributed by atoms with E-state index in [1.165, 1.54) is 25.7 Å². The maximum atomic E-state index is 12.5. The molecule has 0 radical (unpaired) electrons. The number of β-lactam (4-membered cyclic amide) rings is 1. The number of carbonyl (C=O) groups excluding carboxylic acids is 2.